The molecule has 100 valence electrons. The maximum atomic E-state index is 5.26. The number of hydrogen-bond donors (Lipinski definition) is 1. The Balaban J connectivity index is 2.14. The average Bonchev–Trinajstić information content (AvgIpc) is 2.40. The Kier molecular flexibility index (Phi) is 4.77. The molecule has 1 aliphatic rings. The number of rotatable bonds is 4. The molecule has 0 aliphatic carbocycles. The van der Waals surface area contributed by atoms with Gasteiger partial charge in [0.15, 0.2) is 0 Å². The standard InChI is InChI=1S/C12H19BrN4O/c1-14-12-15-6-10(13)11(16-12)17-5-3-4-9(7-17)8-18-2/h6,9H,3-5,7-8H2,1-2H3,(H,14,15,16). The third-order valence-corrected chi connectivity index (χ3v) is 3.73. The van der Waals surface area contributed by atoms with E-state index in [9.17, 15) is 0 Å². The van der Waals surface area contributed by atoms with Gasteiger partial charge in [-0.1, -0.05) is 0 Å². The van der Waals surface area contributed by atoms with E-state index in [4.69, 9.17) is 4.74 Å². The number of methoxy groups -OCH3 is 1. The van der Waals surface area contributed by atoms with Crippen LogP contribution in [0.25, 0.3) is 0 Å². The molecule has 0 saturated carbocycles. The fourth-order valence-electron chi connectivity index (χ4n) is 2.33. The van der Waals surface area contributed by atoms with Gasteiger partial charge in [0.05, 0.1) is 11.1 Å². The van der Waals surface area contributed by atoms with Crippen LogP contribution in [0, 0.1) is 5.92 Å². The highest BCUT2D eigenvalue weighted by Crippen LogP contribution is 2.28. The molecule has 1 saturated heterocycles. The summed E-state index contributed by atoms with van der Waals surface area (Å²) in [5, 5.41) is 2.98. The van der Waals surface area contributed by atoms with Crippen molar-refractivity contribution < 1.29 is 4.74 Å². The minimum absolute atomic E-state index is 0.587. The quantitative estimate of drug-likeness (QED) is 0.922. The van der Waals surface area contributed by atoms with Gasteiger partial charge < -0.3 is 15.0 Å². The first-order chi connectivity index (χ1) is 8.74. The zero-order valence-corrected chi connectivity index (χ0v) is 12.4. The zero-order valence-electron chi connectivity index (χ0n) is 10.8. The number of aromatic nitrogens is 2. The van der Waals surface area contributed by atoms with Gasteiger partial charge in [-0.25, -0.2) is 4.98 Å². The van der Waals surface area contributed by atoms with Crippen molar-refractivity contribution in [1.82, 2.24) is 9.97 Å². The zero-order chi connectivity index (χ0) is 13.0. The number of halogens is 1. The van der Waals surface area contributed by atoms with Crippen molar-refractivity contribution in [3.8, 4) is 0 Å². The first-order valence-electron chi connectivity index (χ1n) is 6.18. The molecule has 1 atom stereocenters. The topological polar surface area (TPSA) is 50.3 Å². The van der Waals surface area contributed by atoms with E-state index >= 15 is 0 Å². The molecule has 1 aliphatic heterocycles. The Morgan fingerprint density at radius 3 is 3.17 bits per heavy atom. The molecule has 5 nitrogen and oxygen atoms in total. The first-order valence-corrected chi connectivity index (χ1v) is 6.98. The molecule has 2 heterocycles. The van der Waals surface area contributed by atoms with Gasteiger partial charge in [0.2, 0.25) is 5.95 Å². The van der Waals surface area contributed by atoms with Crippen LogP contribution in [-0.4, -0.2) is 43.8 Å². The Bertz CT molecular complexity index is 400. The Hall–Kier alpha value is -0.880. The fourth-order valence-corrected chi connectivity index (χ4v) is 2.77. The summed E-state index contributed by atoms with van der Waals surface area (Å²) in [5.74, 6) is 2.21. The molecule has 1 aromatic rings. The molecule has 1 fully saturated rings. The van der Waals surface area contributed by atoms with E-state index in [1.807, 2.05) is 7.05 Å². The van der Waals surface area contributed by atoms with Crippen LogP contribution in [0.3, 0.4) is 0 Å². The van der Waals surface area contributed by atoms with Gasteiger partial charge in [-0.05, 0) is 34.7 Å². The molecule has 0 bridgehead atoms. The van der Waals surface area contributed by atoms with Crippen LogP contribution in [-0.2, 0) is 4.74 Å². The summed E-state index contributed by atoms with van der Waals surface area (Å²) >= 11 is 3.53. The molecule has 1 N–H and O–H groups in total. The second-order valence-corrected chi connectivity index (χ2v) is 5.38. The van der Waals surface area contributed by atoms with Crippen molar-refractivity contribution in [1.29, 1.82) is 0 Å². The summed E-state index contributed by atoms with van der Waals surface area (Å²) in [6, 6.07) is 0. The first kappa shape index (κ1) is 13.5. The molecule has 6 heteroatoms. The van der Waals surface area contributed by atoms with Crippen LogP contribution >= 0.6 is 15.9 Å². The van der Waals surface area contributed by atoms with Gasteiger partial charge in [-0.2, -0.15) is 4.98 Å². The summed E-state index contributed by atoms with van der Waals surface area (Å²) in [5.41, 5.74) is 0. The van der Waals surface area contributed by atoms with Gasteiger partial charge in [-0.15, -0.1) is 0 Å². The Morgan fingerprint density at radius 1 is 1.61 bits per heavy atom. The van der Waals surface area contributed by atoms with Gasteiger partial charge in [-0.3, -0.25) is 0 Å². The van der Waals surface area contributed by atoms with Gasteiger partial charge in [0.1, 0.15) is 5.82 Å². The molecule has 1 aromatic heterocycles. The van der Waals surface area contributed by atoms with E-state index in [0.29, 0.717) is 11.9 Å². The summed E-state index contributed by atoms with van der Waals surface area (Å²) in [6.45, 7) is 2.85. The van der Waals surface area contributed by atoms with Crippen LogP contribution in [0.2, 0.25) is 0 Å². The van der Waals surface area contributed by atoms with Gasteiger partial charge in [0.25, 0.3) is 0 Å². The largest absolute Gasteiger partial charge is 0.384 e. The number of nitrogens with zero attached hydrogens (tertiary/aromatic N) is 3. The maximum absolute atomic E-state index is 5.26. The van der Waals surface area contributed by atoms with Crippen LogP contribution in [0.1, 0.15) is 12.8 Å². The molecular weight excluding hydrogens is 296 g/mol. The van der Waals surface area contributed by atoms with E-state index in [0.717, 1.165) is 30.0 Å². The van der Waals surface area contributed by atoms with Crippen LogP contribution in [0.15, 0.2) is 10.7 Å². The van der Waals surface area contributed by atoms with Crippen LogP contribution < -0.4 is 10.2 Å². The highest BCUT2D eigenvalue weighted by Gasteiger charge is 2.22. The Morgan fingerprint density at radius 2 is 2.44 bits per heavy atom. The third kappa shape index (κ3) is 3.11. The number of piperidine rings is 1. The van der Waals surface area contributed by atoms with Crippen molar-refractivity contribution in [2.24, 2.45) is 5.92 Å². The summed E-state index contributed by atoms with van der Waals surface area (Å²) in [6.07, 6.45) is 4.21. The SMILES string of the molecule is CNc1ncc(Br)c(N2CCCC(COC)C2)n1. The van der Waals surface area contributed by atoms with E-state index in [2.05, 4.69) is 36.1 Å². The minimum atomic E-state index is 0.587. The molecular formula is C12H19BrN4O. The fraction of sp³-hybridized carbons (Fsp3) is 0.667. The van der Waals surface area contributed by atoms with Crippen molar-refractivity contribution in [3.63, 3.8) is 0 Å². The van der Waals surface area contributed by atoms with Crippen LogP contribution in [0.5, 0.6) is 0 Å². The summed E-state index contributed by atoms with van der Waals surface area (Å²) in [7, 11) is 3.59. The lowest BCUT2D eigenvalue weighted by atomic mass is 9.99. The second kappa shape index (κ2) is 6.33. The van der Waals surface area contributed by atoms with Crippen molar-refractivity contribution in [2.45, 2.75) is 12.8 Å². The van der Waals surface area contributed by atoms with E-state index in [1.165, 1.54) is 12.8 Å². The number of hydrogen-bond acceptors (Lipinski definition) is 5. The van der Waals surface area contributed by atoms with E-state index in [1.54, 1.807) is 13.3 Å². The monoisotopic (exact) mass is 314 g/mol. The normalized spacial score (nSPS) is 19.9. The Labute approximate surface area is 116 Å². The highest BCUT2D eigenvalue weighted by atomic mass is 79.9. The summed E-state index contributed by atoms with van der Waals surface area (Å²) in [4.78, 5) is 11.0. The van der Waals surface area contributed by atoms with E-state index < -0.39 is 0 Å². The molecule has 0 aromatic carbocycles. The predicted molar refractivity (Wildman–Crippen MR) is 76.1 cm³/mol. The second-order valence-electron chi connectivity index (χ2n) is 4.52. The molecule has 0 spiro atoms. The average molecular weight is 315 g/mol. The number of ether oxygens (including phenoxy) is 1. The number of nitrogens with one attached hydrogen (secondary N) is 1. The lowest BCUT2D eigenvalue weighted by molar-refractivity contribution is 0.143. The van der Waals surface area contributed by atoms with Crippen LogP contribution in [0.4, 0.5) is 11.8 Å². The molecule has 0 amide bonds. The van der Waals surface area contributed by atoms with Crippen molar-refractivity contribution >= 4 is 27.7 Å². The molecule has 0 radical (unpaired) electrons. The summed E-state index contributed by atoms with van der Waals surface area (Å²) < 4.78 is 6.20. The minimum Gasteiger partial charge on any atom is -0.384 e. The lowest BCUT2D eigenvalue weighted by Crippen LogP contribution is -2.37. The van der Waals surface area contributed by atoms with Gasteiger partial charge in [0, 0.05) is 33.4 Å². The smallest absolute Gasteiger partial charge is 0.224 e. The third-order valence-electron chi connectivity index (χ3n) is 3.17. The van der Waals surface area contributed by atoms with Crippen molar-refractivity contribution in [2.75, 3.05) is 44.1 Å². The van der Waals surface area contributed by atoms with Crippen molar-refractivity contribution in [3.05, 3.63) is 10.7 Å². The molecule has 2 rings (SSSR count). The maximum Gasteiger partial charge on any atom is 0.224 e. The van der Waals surface area contributed by atoms with Gasteiger partial charge >= 0.3 is 0 Å². The number of anilines is 2. The highest BCUT2D eigenvalue weighted by molar-refractivity contribution is 9.10. The predicted octanol–water partition coefficient (Wildman–Crippen LogP) is 2.14. The molecule has 18 heavy (non-hydrogen) atoms. The molecule has 1 unspecified atom stereocenters. The van der Waals surface area contributed by atoms with E-state index in [-0.39, 0.29) is 0 Å². The lowest BCUT2D eigenvalue weighted by Gasteiger charge is -2.33.